The van der Waals surface area contributed by atoms with E-state index in [1.807, 2.05) is 12.1 Å². The summed E-state index contributed by atoms with van der Waals surface area (Å²) in [6.07, 6.45) is 1.80. The van der Waals surface area contributed by atoms with Crippen LogP contribution in [0.15, 0.2) is 47.1 Å². The quantitative estimate of drug-likeness (QED) is 0.720. The molecule has 7 heteroatoms. The molecule has 0 aliphatic carbocycles. The maximum Gasteiger partial charge on any atom is 0.225 e. The van der Waals surface area contributed by atoms with Crippen molar-refractivity contribution in [2.24, 2.45) is 5.92 Å². The minimum Gasteiger partial charge on any atom is -0.467 e. The van der Waals surface area contributed by atoms with Crippen molar-refractivity contribution in [2.75, 3.05) is 18.8 Å². The summed E-state index contributed by atoms with van der Waals surface area (Å²) in [6.45, 7) is 1.31. The van der Waals surface area contributed by atoms with Gasteiger partial charge in [-0.3, -0.25) is 9.59 Å². The Hall–Kier alpha value is -2.28. The van der Waals surface area contributed by atoms with Crippen LogP contribution in [-0.4, -0.2) is 35.6 Å². The van der Waals surface area contributed by atoms with E-state index in [1.165, 1.54) is 6.07 Å². The largest absolute Gasteiger partial charge is 0.467 e. The molecule has 1 saturated heterocycles. The Morgan fingerprint density at radius 2 is 2.15 bits per heavy atom. The SMILES string of the molecule is O=C(NCCSCc1ccccc1F)[C@@H]1CC(=O)N(Cc2ccco2)C1. The van der Waals surface area contributed by atoms with Gasteiger partial charge in [0.05, 0.1) is 18.7 Å². The summed E-state index contributed by atoms with van der Waals surface area (Å²) in [5.74, 6) is 1.31. The molecular weight excluding hydrogens is 355 g/mol. The lowest BCUT2D eigenvalue weighted by atomic mass is 10.1. The summed E-state index contributed by atoms with van der Waals surface area (Å²) in [5.41, 5.74) is 0.666. The number of carbonyl (C=O) groups is 2. The Labute approximate surface area is 155 Å². The first kappa shape index (κ1) is 18.5. The van der Waals surface area contributed by atoms with Crippen molar-refractivity contribution in [2.45, 2.75) is 18.7 Å². The van der Waals surface area contributed by atoms with E-state index in [9.17, 15) is 14.0 Å². The molecule has 1 aromatic heterocycles. The van der Waals surface area contributed by atoms with Gasteiger partial charge < -0.3 is 14.6 Å². The van der Waals surface area contributed by atoms with Crippen molar-refractivity contribution < 1.29 is 18.4 Å². The van der Waals surface area contributed by atoms with Crippen molar-refractivity contribution in [3.05, 3.63) is 59.8 Å². The third-order valence-electron chi connectivity index (χ3n) is 4.27. The number of likely N-dealkylation sites (tertiary alicyclic amines) is 1. The number of rotatable bonds is 8. The molecule has 0 radical (unpaired) electrons. The van der Waals surface area contributed by atoms with E-state index in [0.29, 0.717) is 42.5 Å². The molecule has 1 aromatic carbocycles. The molecule has 2 amide bonds. The monoisotopic (exact) mass is 376 g/mol. The third-order valence-corrected chi connectivity index (χ3v) is 5.28. The van der Waals surface area contributed by atoms with E-state index < -0.39 is 0 Å². The molecule has 2 heterocycles. The van der Waals surface area contributed by atoms with E-state index >= 15 is 0 Å². The highest BCUT2D eigenvalue weighted by atomic mass is 32.2. The number of amides is 2. The van der Waals surface area contributed by atoms with E-state index in [0.717, 1.165) is 0 Å². The Morgan fingerprint density at radius 1 is 1.31 bits per heavy atom. The summed E-state index contributed by atoms with van der Waals surface area (Å²) >= 11 is 1.56. The lowest BCUT2D eigenvalue weighted by Gasteiger charge is -2.15. The Balaban J connectivity index is 1.36. The van der Waals surface area contributed by atoms with Gasteiger partial charge in [0.15, 0.2) is 0 Å². The van der Waals surface area contributed by atoms with E-state index in [2.05, 4.69) is 5.32 Å². The first-order chi connectivity index (χ1) is 12.6. The maximum absolute atomic E-state index is 13.5. The molecule has 0 saturated carbocycles. The van der Waals surface area contributed by atoms with Crippen LogP contribution >= 0.6 is 11.8 Å². The van der Waals surface area contributed by atoms with Gasteiger partial charge in [0.2, 0.25) is 11.8 Å². The van der Waals surface area contributed by atoms with Crippen molar-refractivity contribution in [1.82, 2.24) is 10.2 Å². The second kappa shape index (κ2) is 8.89. The standard InChI is InChI=1S/C19H21FN2O3S/c20-17-6-2-1-4-14(17)13-26-9-7-21-19(24)15-10-18(23)22(11-15)12-16-5-3-8-25-16/h1-6,8,15H,7,9-13H2,(H,21,24)/t15-/m1/s1. The summed E-state index contributed by atoms with van der Waals surface area (Å²) in [6, 6.07) is 10.3. The average Bonchev–Trinajstić information content (AvgIpc) is 3.27. The first-order valence-electron chi connectivity index (χ1n) is 8.52. The number of nitrogens with one attached hydrogen (secondary N) is 1. The zero-order chi connectivity index (χ0) is 18.4. The minimum atomic E-state index is -0.325. The minimum absolute atomic E-state index is 0.0320. The molecule has 1 aliphatic heterocycles. The predicted octanol–water partition coefficient (Wildman–Crippen LogP) is 2.82. The summed E-state index contributed by atoms with van der Waals surface area (Å²) < 4.78 is 18.8. The molecule has 1 aliphatic rings. The molecule has 0 spiro atoms. The van der Waals surface area contributed by atoms with Gasteiger partial charge in [-0.15, -0.1) is 0 Å². The predicted molar refractivity (Wildman–Crippen MR) is 97.8 cm³/mol. The van der Waals surface area contributed by atoms with E-state index in [4.69, 9.17) is 4.42 Å². The second-order valence-corrected chi connectivity index (χ2v) is 7.29. The first-order valence-corrected chi connectivity index (χ1v) is 9.68. The topological polar surface area (TPSA) is 62.6 Å². The molecule has 3 rings (SSSR count). The van der Waals surface area contributed by atoms with Crippen LogP contribution in [0, 0.1) is 11.7 Å². The van der Waals surface area contributed by atoms with Crippen LogP contribution in [0.1, 0.15) is 17.7 Å². The van der Waals surface area contributed by atoms with Crippen LogP contribution in [0.3, 0.4) is 0 Å². The molecule has 26 heavy (non-hydrogen) atoms. The average molecular weight is 376 g/mol. The smallest absolute Gasteiger partial charge is 0.225 e. The normalized spacial score (nSPS) is 16.9. The highest BCUT2D eigenvalue weighted by Crippen LogP contribution is 2.21. The lowest BCUT2D eigenvalue weighted by Crippen LogP contribution is -2.34. The number of halogens is 1. The Morgan fingerprint density at radius 3 is 2.92 bits per heavy atom. The summed E-state index contributed by atoms with van der Waals surface area (Å²) in [7, 11) is 0. The Bertz CT molecular complexity index is 751. The van der Waals surface area contributed by atoms with E-state index in [1.54, 1.807) is 41.1 Å². The van der Waals surface area contributed by atoms with Crippen molar-refractivity contribution >= 4 is 23.6 Å². The fourth-order valence-corrected chi connectivity index (χ4v) is 3.72. The lowest BCUT2D eigenvalue weighted by molar-refractivity contribution is -0.129. The molecule has 2 aromatic rings. The van der Waals surface area contributed by atoms with Crippen molar-refractivity contribution in [1.29, 1.82) is 0 Å². The van der Waals surface area contributed by atoms with Crippen LogP contribution in [0.2, 0.25) is 0 Å². The number of thioether (sulfide) groups is 1. The van der Waals surface area contributed by atoms with Gasteiger partial charge in [0, 0.05) is 31.0 Å². The zero-order valence-corrected chi connectivity index (χ0v) is 15.1. The number of hydrogen-bond donors (Lipinski definition) is 1. The highest BCUT2D eigenvalue weighted by Gasteiger charge is 2.34. The van der Waals surface area contributed by atoms with Gasteiger partial charge in [-0.05, 0) is 23.8 Å². The number of carbonyl (C=O) groups excluding carboxylic acids is 2. The van der Waals surface area contributed by atoms with Crippen molar-refractivity contribution in [3.63, 3.8) is 0 Å². The van der Waals surface area contributed by atoms with Crippen molar-refractivity contribution in [3.8, 4) is 0 Å². The molecular formula is C19H21FN2O3S. The molecule has 1 fully saturated rings. The fraction of sp³-hybridized carbons (Fsp3) is 0.368. The van der Waals surface area contributed by atoms with Crippen LogP contribution in [0.4, 0.5) is 4.39 Å². The highest BCUT2D eigenvalue weighted by molar-refractivity contribution is 7.98. The summed E-state index contributed by atoms with van der Waals surface area (Å²) in [5, 5.41) is 2.87. The van der Waals surface area contributed by atoms with E-state index in [-0.39, 0.29) is 30.0 Å². The molecule has 1 N–H and O–H groups in total. The van der Waals surface area contributed by atoms with Crippen LogP contribution in [-0.2, 0) is 21.9 Å². The third kappa shape index (κ3) is 4.88. The van der Waals surface area contributed by atoms with Gasteiger partial charge in [0.1, 0.15) is 11.6 Å². The van der Waals surface area contributed by atoms with Crippen LogP contribution < -0.4 is 5.32 Å². The van der Waals surface area contributed by atoms with Crippen LogP contribution in [0.5, 0.6) is 0 Å². The Kier molecular flexibility index (Phi) is 6.33. The molecule has 0 bridgehead atoms. The summed E-state index contributed by atoms with van der Waals surface area (Å²) in [4.78, 5) is 25.9. The van der Waals surface area contributed by atoms with Gasteiger partial charge in [0.25, 0.3) is 0 Å². The van der Waals surface area contributed by atoms with Gasteiger partial charge in [-0.25, -0.2) is 4.39 Å². The molecule has 138 valence electrons. The zero-order valence-electron chi connectivity index (χ0n) is 14.3. The molecule has 1 atom stereocenters. The maximum atomic E-state index is 13.5. The molecule has 5 nitrogen and oxygen atoms in total. The van der Waals surface area contributed by atoms with Crippen LogP contribution in [0.25, 0.3) is 0 Å². The molecule has 0 unspecified atom stereocenters. The number of nitrogens with zero attached hydrogens (tertiary/aromatic N) is 1. The number of furan rings is 1. The van der Waals surface area contributed by atoms with Gasteiger partial charge in [-0.2, -0.15) is 11.8 Å². The fourth-order valence-electron chi connectivity index (χ4n) is 2.88. The van der Waals surface area contributed by atoms with Gasteiger partial charge >= 0.3 is 0 Å². The number of benzene rings is 1. The second-order valence-electron chi connectivity index (χ2n) is 6.19. The van der Waals surface area contributed by atoms with Gasteiger partial charge in [-0.1, -0.05) is 18.2 Å². The number of hydrogen-bond acceptors (Lipinski definition) is 4.